The lowest BCUT2D eigenvalue weighted by molar-refractivity contribution is -0.385. The number of rotatable bonds is 4. The Bertz CT molecular complexity index is 738. The van der Waals surface area contributed by atoms with Gasteiger partial charge in [0.2, 0.25) is 5.88 Å². The summed E-state index contributed by atoms with van der Waals surface area (Å²) in [6, 6.07) is 4.62. The molecule has 1 aromatic carbocycles. The summed E-state index contributed by atoms with van der Waals surface area (Å²) in [5.41, 5.74) is 4.45. The third-order valence-corrected chi connectivity index (χ3v) is 3.07. The number of nitrogens with zero attached hydrogens (tertiary/aromatic N) is 2. The van der Waals surface area contributed by atoms with E-state index in [1.54, 1.807) is 0 Å². The zero-order valence-corrected chi connectivity index (χ0v) is 11.8. The van der Waals surface area contributed by atoms with E-state index >= 15 is 0 Å². The van der Waals surface area contributed by atoms with Crippen molar-refractivity contribution in [3.05, 3.63) is 56.4 Å². The van der Waals surface area contributed by atoms with Gasteiger partial charge in [0.05, 0.1) is 9.40 Å². The summed E-state index contributed by atoms with van der Waals surface area (Å²) >= 11 is 3.14. The number of benzene rings is 1. The Labute approximate surface area is 125 Å². The molecule has 2 N–H and O–H groups in total. The maximum absolute atomic E-state index is 13.2. The Morgan fingerprint density at radius 1 is 1.43 bits per heavy atom. The van der Waals surface area contributed by atoms with Crippen molar-refractivity contribution in [1.29, 1.82) is 0 Å². The molecule has 0 aliphatic heterocycles. The second-order valence-electron chi connectivity index (χ2n) is 3.84. The molecule has 21 heavy (non-hydrogen) atoms. The van der Waals surface area contributed by atoms with Gasteiger partial charge in [-0.25, -0.2) is 9.37 Å². The molecule has 9 heteroatoms. The highest BCUT2D eigenvalue weighted by atomic mass is 79.9. The number of nitrogens with two attached hydrogens (primary N) is 1. The summed E-state index contributed by atoms with van der Waals surface area (Å²) in [7, 11) is 0. The van der Waals surface area contributed by atoms with E-state index in [9.17, 15) is 19.3 Å². The van der Waals surface area contributed by atoms with Crippen LogP contribution in [0.5, 0.6) is 11.6 Å². The van der Waals surface area contributed by atoms with Crippen LogP contribution in [0.3, 0.4) is 0 Å². The topological polar surface area (TPSA) is 108 Å². The first-order valence-corrected chi connectivity index (χ1v) is 6.25. The molecule has 1 heterocycles. The van der Waals surface area contributed by atoms with E-state index in [4.69, 9.17) is 10.5 Å². The summed E-state index contributed by atoms with van der Waals surface area (Å²) in [5, 5.41) is 10.7. The predicted octanol–water partition coefficient (Wildman–Crippen LogP) is 2.78. The number of hydrogen-bond acceptors (Lipinski definition) is 5. The first kappa shape index (κ1) is 14.9. The largest absolute Gasteiger partial charge is 0.437 e. The number of halogens is 2. The second kappa shape index (κ2) is 5.83. The van der Waals surface area contributed by atoms with Gasteiger partial charge >= 0.3 is 0 Å². The van der Waals surface area contributed by atoms with E-state index in [2.05, 4.69) is 20.9 Å². The lowest BCUT2D eigenvalue weighted by atomic mass is 10.2. The number of primary amides is 1. The van der Waals surface area contributed by atoms with Crippen LogP contribution in [0.25, 0.3) is 0 Å². The number of carbonyl (C=O) groups excluding carboxylic acids is 1. The average Bonchev–Trinajstić information content (AvgIpc) is 2.42. The Morgan fingerprint density at radius 3 is 2.76 bits per heavy atom. The third-order valence-electron chi connectivity index (χ3n) is 2.41. The molecule has 0 unspecified atom stereocenters. The minimum absolute atomic E-state index is 0.0545. The van der Waals surface area contributed by atoms with Gasteiger partial charge in [0.1, 0.15) is 23.3 Å². The second-order valence-corrected chi connectivity index (χ2v) is 4.70. The lowest BCUT2D eigenvalue weighted by Crippen LogP contribution is -2.13. The van der Waals surface area contributed by atoms with Crippen LogP contribution in [0.15, 0.2) is 34.9 Å². The molecule has 0 bridgehead atoms. The van der Waals surface area contributed by atoms with Gasteiger partial charge in [0.15, 0.2) is 0 Å². The smallest absolute Gasteiger partial charge is 0.288 e. The van der Waals surface area contributed by atoms with Gasteiger partial charge in [-0.3, -0.25) is 14.9 Å². The number of hydrogen-bond donors (Lipinski definition) is 1. The van der Waals surface area contributed by atoms with Crippen molar-refractivity contribution in [1.82, 2.24) is 4.98 Å². The SMILES string of the molecule is NC(=O)c1cc([N+](=O)[O-])cnc1Oc1cc(F)ccc1Br. The number of pyridine rings is 1. The zero-order chi connectivity index (χ0) is 15.6. The predicted molar refractivity (Wildman–Crippen MR) is 73.6 cm³/mol. The molecule has 0 aliphatic carbocycles. The van der Waals surface area contributed by atoms with Crippen LogP contribution in [0.1, 0.15) is 10.4 Å². The molecule has 1 amide bonds. The van der Waals surface area contributed by atoms with E-state index in [1.807, 2.05) is 0 Å². The number of ether oxygens (including phenoxy) is 1. The third kappa shape index (κ3) is 3.31. The van der Waals surface area contributed by atoms with Gasteiger partial charge in [-0.1, -0.05) is 0 Å². The number of nitro groups is 1. The maximum Gasteiger partial charge on any atom is 0.288 e. The first-order chi connectivity index (χ1) is 9.88. The van der Waals surface area contributed by atoms with Crippen LogP contribution in [0.4, 0.5) is 10.1 Å². The van der Waals surface area contributed by atoms with Crippen molar-refractivity contribution in [2.75, 3.05) is 0 Å². The van der Waals surface area contributed by atoms with Crippen LogP contribution in [-0.4, -0.2) is 15.8 Å². The summed E-state index contributed by atoms with van der Waals surface area (Å²) in [6.45, 7) is 0. The molecule has 1 aromatic heterocycles. The van der Waals surface area contributed by atoms with E-state index in [0.717, 1.165) is 18.3 Å². The summed E-state index contributed by atoms with van der Waals surface area (Å²) in [4.78, 5) is 25.0. The molecule has 0 radical (unpaired) electrons. The molecule has 0 aliphatic rings. The highest BCUT2D eigenvalue weighted by Crippen LogP contribution is 2.31. The van der Waals surface area contributed by atoms with Gasteiger partial charge in [-0.15, -0.1) is 0 Å². The van der Waals surface area contributed by atoms with E-state index in [0.29, 0.717) is 4.47 Å². The van der Waals surface area contributed by atoms with Crippen molar-refractivity contribution in [3.8, 4) is 11.6 Å². The average molecular weight is 356 g/mol. The standard InChI is InChI=1S/C12H7BrFN3O4/c13-9-2-1-6(14)3-10(9)21-12-8(11(15)18)4-7(5-16-12)17(19)20/h1-5H,(H2,15,18). The minimum atomic E-state index is -0.950. The van der Waals surface area contributed by atoms with Gasteiger partial charge in [-0.2, -0.15) is 0 Å². The molecule has 0 fully saturated rings. The maximum atomic E-state index is 13.2. The molecule has 2 rings (SSSR count). The van der Waals surface area contributed by atoms with Crippen LogP contribution in [0, 0.1) is 15.9 Å². The van der Waals surface area contributed by atoms with Crippen LogP contribution in [-0.2, 0) is 0 Å². The lowest BCUT2D eigenvalue weighted by Gasteiger charge is -2.09. The molecular formula is C12H7BrFN3O4. The van der Waals surface area contributed by atoms with Gasteiger partial charge < -0.3 is 10.5 Å². The van der Waals surface area contributed by atoms with E-state index in [1.165, 1.54) is 12.1 Å². The summed E-state index contributed by atoms with van der Waals surface area (Å²) in [6.07, 6.45) is 0.912. The fourth-order valence-electron chi connectivity index (χ4n) is 1.46. The monoisotopic (exact) mass is 355 g/mol. The Kier molecular flexibility index (Phi) is 4.13. The van der Waals surface area contributed by atoms with Crippen LogP contribution >= 0.6 is 15.9 Å². The van der Waals surface area contributed by atoms with Crippen molar-refractivity contribution in [2.45, 2.75) is 0 Å². The van der Waals surface area contributed by atoms with E-state index < -0.39 is 22.3 Å². The van der Waals surface area contributed by atoms with Crippen molar-refractivity contribution in [2.24, 2.45) is 5.73 Å². The molecule has 2 aromatic rings. The van der Waals surface area contributed by atoms with Crippen LogP contribution in [0.2, 0.25) is 0 Å². The minimum Gasteiger partial charge on any atom is -0.437 e. The van der Waals surface area contributed by atoms with Gasteiger partial charge in [-0.05, 0) is 28.1 Å². The van der Waals surface area contributed by atoms with Gasteiger partial charge in [0, 0.05) is 12.1 Å². The molecule has 108 valence electrons. The molecule has 0 atom stereocenters. The Balaban J connectivity index is 2.46. The molecule has 0 saturated carbocycles. The zero-order valence-electron chi connectivity index (χ0n) is 10.2. The summed E-state index contributed by atoms with van der Waals surface area (Å²) < 4.78 is 18.9. The Morgan fingerprint density at radius 2 is 2.14 bits per heavy atom. The highest BCUT2D eigenvalue weighted by Gasteiger charge is 2.18. The van der Waals surface area contributed by atoms with Crippen LogP contribution < -0.4 is 10.5 Å². The molecule has 0 spiro atoms. The van der Waals surface area contributed by atoms with Gasteiger partial charge in [0.25, 0.3) is 11.6 Å². The molecular weight excluding hydrogens is 349 g/mol. The molecule has 0 saturated heterocycles. The van der Waals surface area contributed by atoms with E-state index in [-0.39, 0.29) is 17.2 Å². The number of carbonyl (C=O) groups is 1. The fourth-order valence-corrected chi connectivity index (χ4v) is 1.79. The number of amides is 1. The Hall–Kier alpha value is -2.55. The molecule has 7 nitrogen and oxygen atoms in total. The van der Waals surface area contributed by atoms with Crippen molar-refractivity contribution < 1.29 is 18.8 Å². The normalized spacial score (nSPS) is 10.2. The fraction of sp³-hybridized carbons (Fsp3) is 0. The number of aromatic nitrogens is 1. The highest BCUT2D eigenvalue weighted by molar-refractivity contribution is 9.10. The first-order valence-electron chi connectivity index (χ1n) is 5.45. The van der Waals surface area contributed by atoms with Crippen molar-refractivity contribution in [3.63, 3.8) is 0 Å². The quantitative estimate of drug-likeness (QED) is 0.669. The van der Waals surface area contributed by atoms with Crippen molar-refractivity contribution >= 4 is 27.5 Å². The summed E-state index contributed by atoms with van der Waals surface area (Å²) in [5.74, 6) is -1.71.